The number of carbonyl (C=O) groups is 1. The van der Waals surface area contributed by atoms with Gasteiger partial charge in [0, 0.05) is 40.4 Å². The lowest BCUT2D eigenvalue weighted by Gasteiger charge is -2.18. The molecule has 0 saturated heterocycles. The number of benzene rings is 4. The first kappa shape index (κ1) is 22.7. The van der Waals surface area contributed by atoms with Crippen molar-refractivity contribution in [1.82, 2.24) is 0 Å². The van der Waals surface area contributed by atoms with Gasteiger partial charge in [-0.1, -0.05) is 42.5 Å². The number of ether oxygens (including phenoxy) is 3. The quantitative estimate of drug-likeness (QED) is 0.266. The zero-order valence-electron chi connectivity index (χ0n) is 20.5. The molecular weight excluding hydrogens is 466 g/mol. The minimum absolute atomic E-state index is 0.252. The molecule has 1 N–H and O–H groups in total. The van der Waals surface area contributed by atoms with Crippen molar-refractivity contribution in [3.63, 3.8) is 0 Å². The van der Waals surface area contributed by atoms with Gasteiger partial charge in [-0.25, -0.2) is 0 Å². The van der Waals surface area contributed by atoms with Gasteiger partial charge in [0.25, 0.3) is 0 Å². The van der Waals surface area contributed by atoms with Crippen LogP contribution in [0.4, 0.5) is 5.69 Å². The summed E-state index contributed by atoms with van der Waals surface area (Å²) in [5.41, 5.74) is 5.01. The standard InChI is InChI=1S/C31H25NO5/c1-19(14-31(33)32-21-10-11-27-30(15-21)36-13-12-35-27)24-16-25-26(18-37-29(25)17-28(24)34-2)23-9-5-7-20-6-3-4-8-22(20)23/h3-11,14-18H,12-13H2,1-2H3,(H,32,33)/b19-14+. The maximum absolute atomic E-state index is 12.9. The van der Waals surface area contributed by atoms with Crippen molar-refractivity contribution in [2.45, 2.75) is 6.92 Å². The number of hydrogen-bond donors (Lipinski definition) is 1. The molecule has 1 aromatic heterocycles. The molecule has 0 atom stereocenters. The molecular formula is C31H25NO5. The van der Waals surface area contributed by atoms with E-state index in [9.17, 15) is 4.79 Å². The first-order valence-corrected chi connectivity index (χ1v) is 12.1. The summed E-state index contributed by atoms with van der Waals surface area (Å²) in [4.78, 5) is 12.9. The van der Waals surface area contributed by atoms with Crippen LogP contribution in [0.1, 0.15) is 12.5 Å². The summed E-state index contributed by atoms with van der Waals surface area (Å²) < 4.78 is 22.8. The molecule has 0 bridgehead atoms. The second-order valence-electron chi connectivity index (χ2n) is 8.90. The lowest BCUT2D eigenvalue weighted by Crippen LogP contribution is -2.16. The zero-order chi connectivity index (χ0) is 25.4. The van der Waals surface area contributed by atoms with Crippen LogP contribution in [-0.2, 0) is 4.79 Å². The Bertz CT molecular complexity index is 1680. The average Bonchev–Trinajstić information content (AvgIpc) is 3.34. The summed E-state index contributed by atoms with van der Waals surface area (Å²) in [6.45, 7) is 2.90. The predicted octanol–water partition coefficient (Wildman–Crippen LogP) is 7.07. The summed E-state index contributed by atoms with van der Waals surface area (Å²) in [7, 11) is 1.61. The zero-order valence-corrected chi connectivity index (χ0v) is 20.5. The third kappa shape index (κ3) is 4.27. The topological polar surface area (TPSA) is 69.9 Å². The lowest BCUT2D eigenvalue weighted by atomic mass is 9.96. The van der Waals surface area contributed by atoms with Crippen LogP contribution in [0.2, 0.25) is 0 Å². The Morgan fingerprint density at radius 3 is 2.57 bits per heavy atom. The van der Waals surface area contributed by atoms with Crippen LogP contribution in [0.3, 0.4) is 0 Å². The van der Waals surface area contributed by atoms with Crippen LogP contribution in [0.5, 0.6) is 17.2 Å². The van der Waals surface area contributed by atoms with Crippen LogP contribution < -0.4 is 19.5 Å². The Morgan fingerprint density at radius 2 is 1.70 bits per heavy atom. The van der Waals surface area contributed by atoms with Crippen molar-refractivity contribution < 1.29 is 23.4 Å². The molecule has 4 aromatic carbocycles. The van der Waals surface area contributed by atoms with Gasteiger partial charge in [0.05, 0.1) is 13.4 Å². The molecule has 6 heteroatoms. The number of nitrogens with one attached hydrogen (secondary N) is 1. The number of anilines is 1. The second kappa shape index (κ2) is 9.39. The van der Waals surface area contributed by atoms with Crippen LogP contribution in [0.15, 0.2) is 89.6 Å². The largest absolute Gasteiger partial charge is 0.496 e. The Morgan fingerprint density at radius 1 is 0.892 bits per heavy atom. The van der Waals surface area contributed by atoms with Gasteiger partial charge in [0.1, 0.15) is 24.5 Å². The van der Waals surface area contributed by atoms with Crippen LogP contribution in [-0.4, -0.2) is 26.2 Å². The number of amides is 1. The molecule has 0 aliphatic carbocycles. The van der Waals surface area contributed by atoms with Gasteiger partial charge in [0.2, 0.25) is 5.91 Å². The molecule has 0 spiro atoms. The molecule has 6 nitrogen and oxygen atoms in total. The Labute approximate surface area is 214 Å². The smallest absolute Gasteiger partial charge is 0.248 e. The van der Waals surface area contributed by atoms with E-state index in [1.807, 2.05) is 37.3 Å². The molecule has 2 heterocycles. The highest BCUT2D eigenvalue weighted by atomic mass is 16.6. The van der Waals surface area contributed by atoms with E-state index in [1.54, 1.807) is 37.6 Å². The third-order valence-corrected chi connectivity index (χ3v) is 6.56. The summed E-state index contributed by atoms with van der Waals surface area (Å²) in [5, 5.41) is 6.17. The fourth-order valence-corrected chi connectivity index (χ4v) is 4.77. The SMILES string of the molecule is COc1cc2occ(-c3cccc4ccccc34)c2cc1/C(C)=C/C(=O)Nc1ccc2c(c1)OCCO2. The predicted molar refractivity (Wildman–Crippen MR) is 145 cm³/mol. The highest BCUT2D eigenvalue weighted by Gasteiger charge is 2.17. The second-order valence-corrected chi connectivity index (χ2v) is 8.90. The number of furan rings is 1. The fraction of sp³-hybridized carbons (Fsp3) is 0.129. The van der Waals surface area contributed by atoms with E-state index in [1.165, 1.54) is 0 Å². The number of hydrogen-bond acceptors (Lipinski definition) is 5. The van der Waals surface area contributed by atoms with Crippen LogP contribution in [0.25, 0.3) is 38.4 Å². The number of carbonyl (C=O) groups excluding carboxylic acids is 1. The first-order chi connectivity index (χ1) is 18.1. The molecule has 0 fully saturated rings. The fourth-order valence-electron chi connectivity index (χ4n) is 4.77. The average molecular weight is 492 g/mol. The monoisotopic (exact) mass is 491 g/mol. The Hall–Kier alpha value is -4.71. The van der Waals surface area contributed by atoms with Gasteiger partial charge < -0.3 is 23.9 Å². The van der Waals surface area contributed by atoms with Gasteiger partial charge >= 0.3 is 0 Å². The first-order valence-electron chi connectivity index (χ1n) is 12.1. The van der Waals surface area contributed by atoms with E-state index in [0.717, 1.165) is 44.0 Å². The van der Waals surface area contributed by atoms with E-state index in [0.29, 0.717) is 36.1 Å². The normalized spacial score (nSPS) is 13.1. The van der Waals surface area contributed by atoms with Crippen molar-refractivity contribution >= 4 is 38.9 Å². The summed E-state index contributed by atoms with van der Waals surface area (Å²) in [6.07, 6.45) is 3.35. The van der Waals surface area contributed by atoms with Crippen molar-refractivity contribution in [3.8, 4) is 28.4 Å². The maximum atomic E-state index is 12.9. The minimum Gasteiger partial charge on any atom is -0.496 e. The van der Waals surface area contributed by atoms with Gasteiger partial charge in [0.15, 0.2) is 11.5 Å². The minimum atomic E-state index is -0.252. The Balaban J connectivity index is 1.35. The number of allylic oxidation sites excluding steroid dienone is 1. The van der Waals surface area contributed by atoms with E-state index in [2.05, 4.69) is 29.6 Å². The summed E-state index contributed by atoms with van der Waals surface area (Å²) >= 11 is 0. The van der Waals surface area contributed by atoms with Gasteiger partial charge in [-0.3, -0.25) is 4.79 Å². The van der Waals surface area contributed by atoms with Crippen molar-refractivity contribution in [1.29, 1.82) is 0 Å². The van der Waals surface area contributed by atoms with Crippen molar-refractivity contribution in [3.05, 3.63) is 90.7 Å². The molecule has 0 radical (unpaired) electrons. The highest BCUT2D eigenvalue weighted by molar-refractivity contribution is 6.07. The van der Waals surface area contributed by atoms with Gasteiger partial charge in [-0.15, -0.1) is 0 Å². The summed E-state index contributed by atoms with van der Waals surface area (Å²) in [6, 6.07) is 23.8. The van der Waals surface area contributed by atoms with Gasteiger partial charge in [-0.05, 0) is 47.0 Å². The summed E-state index contributed by atoms with van der Waals surface area (Å²) in [5.74, 6) is 1.68. The van der Waals surface area contributed by atoms with E-state index in [4.69, 9.17) is 18.6 Å². The molecule has 6 rings (SSSR count). The van der Waals surface area contributed by atoms with E-state index >= 15 is 0 Å². The molecule has 0 unspecified atom stereocenters. The molecule has 1 amide bonds. The van der Waals surface area contributed by atoms with Gasteiger partial charge in [-0.2, -0.15) is 0 Å². The number of rotatable bonds is 5. The van der Waals surface area contributed by atoms with E-state index < -0.39 is 0 Å². The van der Waals surface area contributed by atoms with Crippen LogP contribution >= 0.6 is 0 Å². The highest BCUT2D eigenvalue weighted by Crippen LogP contribution is 2.39. The van der Waals surface area contributed by atoms with Crippen LogP contribution in [0, 0.1) is 0 Å². The molecule has 184 valence electrons. The number of fused-ring (bicyclic) bond motifs is 3. The number of methoxy groups -OCH3 is 1. The Kier molecular flexibility index (Phi) is 5.77. The molecule has 37 heavy (non-hydrogen) atoms. The van der Waals surface area contributed by atoms with Crippen molar-refractivity contribution in [2.24, 2.45) is 0 Å². The molecule has 5 aromatic rings. The maximum Gasteiger partial charge on any atom is 0.248 e. The van der Waals surface area contributed by atoms with Crippen molar-refractivity contribution in [2.75, 3.05) is 25.6 Å². The molecule has 1 aliphatic rings. The molecule has 0 saturated carbocycles. The van der Waals surface area contributed by atoms with E-state index in [-0.39, 0.29) is 5.91 Å². The third-order valence-electron chi connectivity index (χ3n) is 6.56. The lowest BCUT2D eigenvalue weighted by molar-refractivity contribution is -0.111. The molecule has 1 aliphatic heterocycles.